The highest BCUT2D eigenvalue weighted by Crippen LogP contribution is 2.20. The molecule has 1 aromatic heterocycles. The van der Waals surface area contributed by atoms with E-state index in [0.717, 1.165) is 0 Å². The van der Waals surface area contributed by atoms with Crippen molar-refractivity contribution in [2.24, 2.45) is 0 Å². The Hall–Kier alpha value is -2.65. The first kappa shape index (κ1) is 16.2. The molecule has 3 N–H and O–H groups in total. The summed E-state index contributed by atoms with van der Waals surface area (Å²) in [6, 6.07) is 6.67. The number of anilines is 4. The fourth-order valence-corrected chi connectivity index (χ4v) is 2.35. The molecular formula is C14H15ClN6O3. The number of ether oxygens (including phenoxy) is 1. The maximum absolute atomic E-state index is 10.6. The molecule has 0 unspecified atom stereocenters. The van der Waals surface area contributed by atoms with Gasteiger partial charge in [0.15, 0.2) is 0 Å². The van der Waals surface area contributed by atoms with Crippen molar-refractivity contribution in [2.45, 2.75) is 0 Å². The Balaban J connectivity index is 1.74. The van der Waals surface area contributed by atoms with Gasteiger partial charge < -0.3 is 20.1 Å². The molecule has 1 aliphatic heterocycles. The van der Waals surface area contributed by atoms with Gasteiger partial charge in [0.1, 0.15) is 0 Å². The summed E-state index contributed by atoms with van der Waals surface area (Å²) >= 11 is 5.98. The largest absolute Gasteiger partial charge is 0.465 e. The molecule has 1 fully saturated rings. The van der Waals surface area contributed by atoms with Crippen LogP contribution in [0.15, 0.2) is 24.3 Å². The minimum Gasteiger partial charge on any atom is -0.465 e. The lowest BCUT2D eigenvalue weighted by Crippen LogP contribution is -2.37. The topological polar surface area (TPSA) is 112 Å². The molecule has 0 bridgehead atoms. The molecule has 1 aromatic carbocycles. The first-order valence-electron chi connectivity index (χ1n) is 7.21. The number of hydrogen-bond donors (Lipinski definition) is 3. The van der Waals surface area contributed by atoms with Crippen molar-refractivity contribution in [2.75, 3.05) is 41.8 Å². The SMILES string of the molecule is O=C(O)Nc1ccc(Nc2nc(Cl)nc(N3CCOCC3)n2)cc1. The molecule has 10 heteroatoms. The average Bonchev–Trinajstić information content (AvgIpc) is 2.56. The number of rotatable bonds is 4. The van der Waals surface area contributed by atoms with Crippen LogP contribution in [0.3, 0.4) is 0 Å². The second kappa shape index (κ2) is 7.28. The number of amides is 1. The van der Waals surface area contributed by atoms with Crippen LogP contribution < -0.4 is 15.5 Å². The lowest BCUT2D eigenvalue weighted by molar-refractivity contribution is 0.122. The van der Waals surface area contributed by atoms with E-state index in [4.69, 9.17) is 21.4 Å². The molecule has 0 aliphatic carbocycles. The molecule has 2 aromatic rings. The number of carboxylic acid groups (broad SMARTS) is 1. The van der Waals surface area contributed by atoms with Crippen molar-refractivity contribution in [1.29, 1.82) is 0 Å². The van der Waals surface area contributed by atoms with E-state index in [1.807, 2.05) is 4.90 Å². The molecule has 126 valence electrons. The number of nitrogens with zero attached hydrogens (tertiary/aromatic N) is 4. The van der Waals surface area contributed by atoms with Gasteiger partial charge in [-0.25, -0.2) is 4.79 Å². The Bertz CT molecular complexity index is 721. The highest BCUT2D eigenvalue weighted by molar-refractivity contribution is 6.28. The number of halogens is 1. The third kappa shape index (κ3) is 4.21. The Morgan fingerprint density at radius 3 is 2.46 bits per heavy atom. The summed E-state index contributed by atoms with van der Waals surface area (Å²) in [7, 11) is 0. The molecule has 1 amide bonds. The molecule has 3 rings (SSSR count). The fraction of sp³-hybridized carbons (Fsp3) is 0.286. The van der Waals surface area contributed by atoms with Crippen LogP contribution in [0.2, 0.25) is 5.28 Å². The van der Waals surface area contributed by atoms with Crippen LogP contribution in [0.1, 0.15) is 0 Å². The molecular weight excluding hydrogens is 336 g/mol. The van der Waals surface area contributed by atoms with Gasteiger partial charge in [0.25, 0.3) is 0 Å². The Labute approximate surface area is 142 Å². The van der Waals surface area contributed by atoms with Crippen LogP contribution in [0, 0.1) is 0 Å². The monoisotopic (exact) mass is 350 g/mol. The van der Waals surface area contributed by atoms with Gasteiger partial charge in [-0.05, 0) is 35.9 Å². The summed E-state index contributed by atoms with van der Waals surface area (Å²) < 4.78 is 5.31. The number of morpholine rings is 1. The van der Waals surface area contributed by atoms with E-state index in [1.165, 1.54) is 0 Å². The third-order valence-corrected chi connectivity index (χ3v) is 3.45. The summed E-state index contributed by atoms with van der Waals surface area (Å²) in [4.78, 5) is 25.1. The molecule has 9 nitrogen and oxygen atoms in total. The Kier molecular flexibility index (Phi) is 4.92. The quantitative estimate of drug-likeness (QED) is 0.769. The van der Waals surface area contributed by atoms with Crippen LogP contribution in [-0.4, -0.2) is 52.5 Å². The smallest absolute Gasteiger partial charge is 0.409 e. The van der Waals surface area contributed by atoms with Crippen LogP contribution in [0.25, 0.3) is 0 Å². The summed E-state index contributed by atoms with van der Waals surface area (Å²) in [5, 5.41) is 14.1. The van der Waals surface area contributed by atoms with Crippen LogP contribution in [0.4, 0.5) is 28.1 Å². The number of hydrogen-bond acceptors (Lipinski definition) is 7. The molecule has 0 saturated carbocycles. The maximum atomic E-state index is 10.6. The molecule has 0 spiro atoms. The van der Waals surface area contributed by atoms with Crippen molar-refractivity contribution in [3.05, 3.63) is 29.5 Å². The lowest BCUT2D eigenvalue weighted by atomic mass is 10.3. The fourth-order valence-electron chi connectivity index (χ4n) is 2.19. The van der Waals surface area contributed by atoms with Crippen molar-refractivity contribution >= 4 is 41.0 Å². The van der Waals surface area contributed by atoms with Gasteiger partial charge >= 0.3 is 6.09 Å². The minimum absolute atomic E-state index is 0.0955. The molecule has 24 heavy (non-hydrogen) atoms. The maximum Gasteiger partial charge on any atom is 0.409 e. The standard InChI is InChI=1S/C14H15ClN6O3/c15-11-18-12(20-13(19-11)21-5-7-24-8-6-21)16-9-1-3-10(4-2-9)17-14(22)23/h1-4,17H,5-8H2,(H,22,23)(H,16,18,19,20). The van der Waals surface area contributed by atoms with Gasteiger partial charge in [-0.15, -0.1) is 0 Å². The van der Waals surface area contributed by atoms with Crippen LogP contribution in [-0.2, 0) is 4.74 Å². The molecule has 0 radical (unpaired) electrons. The van der Waals surface area contributed by atoms with Crippen LogP contribution >= 0.6 is 11.6 Å². The highest BCUT2D eigenvalue weighted by Gasteiger charge is 2.16. The predicted octanol–water partition coefficient (Wildman–Crippen LogP) is 2.20. The second-order valence-corrected chi connectivity index (χ2v) is 5.30. The first-order chi connectivity index (χ1) is 11.6. The van der Waals surface area contributed by atoms with Gasteiger partial charge in [0, 0.05) is 24.5 Å². The van der Waals surface area contributed by atoms with Crippen molar-refractivity contribution in [3.63, 3.8) is 0 Å². The number of nitrogens with one attached hydrogen (secondary N) is 2. The Morgan fingerprint density at radius 1 is 1.12 bits per heavy atom. The summed E-state index contributed by atoms with van der Waals surface area (Å²) in [6.45, 7) is 2.61. The second-order valence-electron chi connectivity index (χ2n) is 4.96. The molecule has 2 heterocycles. The molecule has 0 atom stereocenters. The summed E-state index contributed by atoms with van der Waals surface area (Å²) in [5.74, 6) is 0.806. The molecule has 1 aliphatic rings. The van der Waals surface area contributed by atoms with E-state index in [0.29, 0.717) is 49.6 Å². The van der Waals surface area contributed by atoms with Gasteiger partial charge in [-0.2, -0.15) is 15.0 Å². The zero-order valence-corrected chi connectivity index (χ0v) is 13.3. The lowest BCUT2D eigenvalue weighted by Gasteiger charge is -2.26. The Morgan fingerprint density at radius 2 is 1.79 bits per heavy atom. The van der Waals surface area contributed by atoms with Crippen molar-refractivity contribution < 1.29 is 14.6 Å². The first-order valence-corrected chi connectivity index (χ1v) is 7.59. The zero-order chi connectivity index (χ0) is 16.9. The number of aromatic nitrogens is 3. The highest BCUT2D eigenvalue weighted by atomic mass is 35.5. The predicted molar refractivity (Wildman–Crippen MR) is 89.2 cm³/mol. The zero-order valence-electron chi connectivity index (χ0n) is 12.6. The van der Waals surface area contributed by atoms with E-state index in [2.05, 4.69) is 25.6 Å². The van der Waals surface area contributed by atoms with Gasteiger partial charge in [0.2, 0.25) is 17.2 Å². The third-order valence-electron chi connectivity index (χ3n) is 3.28. The molecule has 1 saturated heterocycles. The van der Waals surface area contributed by atoms with Crippen LogP contribution in [0.5, 0.6) is 0 Å². The normalized spacial score (nSPS) is 14.3. The van der Waals surface area contributed by atoms with E-state index in [9.17, 15) is 4.79 Å². The van der Waals surface area contributed by atoms with Gasteiger partial charge in [-0.3, -0.25) is 5.32 Å². The van der Waals surface area contributed by atoms with E-state index in [-0.39, 0.29) is 5.28 Å². The minimum atomic E-state index is -1.12. The van der Waals surface area contributed by atoms with Gasteiger partial charge in [0.05, 0.1) is 13.2 Å². The number of carbonyl (C=O) groups is 1. The number of benzene rings is 1. The average molecular weight is 351 g/mol. The van der Waals surface area contributed by atoms with E-state index >= 15 is 0 Å². The summed E-state index contributed by atoms with van der Waals surface area (Å²) in [6.07, 6.45) is -1.12. The van der Waals surface area contributed by atoms with E-state index < -0.39 is 6.09 Å². The van der Waals surface area contributed by atoms with Crippen molar-refractivity contribution in [1.82, 2.24) is 15.0 Å². The van der Waals surface area contributed by atoms with E-state index in [1.54, 1.807) is 24.3 Å². The van der Waals surface area contributed by atoms with Gasteiger partial charge in [-0.1, -0.05) is 0 Å². The summed E-state index contributed by atoms with van der Waals surface area (Å²) in [5.41, 5.74) is 1.16. The van der Waals surface area contributed by atoms with Crippen molar-refractivity contribution in [3.8, 4) is 0 Å².